The molecule has 0 aliphatic rings. The van der Waals surface area contributed by atoms with Crippen LogP contribution in [0.3, 0.4) is 0 Å². The molecule has 2 amide bonds. The van der Waals surface area contributed by atoms with Crippen LogP contribution in [0.25, 0.3) is 0 Å². The predicted molar refractivity (Wildman–Crippen MR) is 75.0 cm³/mol. The number of carbonyl (C=O) groups excluding carboxylic acids is 1. The lowest BCUT2D eigenvalue weighted by Gasteiger charge is -2.14. The van der Waals surface area contributed by atoms with Gasteiger partial charge in [-0.05, 0) is 24.1 Å². The minimum absolute atomic E-state index is 0.0834. The van der Waals surface area contributed by atoms with E-state index < -0.39 is 18.0 Å². The maximum atomic E-state index is 11.5. The van der Waals surface area contributed by atoms with Crippen LogP contribution in [0.4, 0.5) is 4.79 Å². The number of aliphatic carboxylic acids is 1. The molecule has 0 fully saturated rings. The maximum absolute atomic E-state index is 11.5. The van der Waals surface area contributed by atoms with Gasteiger partial charge in [0.2, 0.25) is 0 Å². The van der Waals surface area contributed by atoms with E-state index in [9.17, 15) is 9.59 Å². The lowest BCUT2D eigenvalue weighted by molar-refractivity contribution is -0.140. The highest BCUT2D eigenvalue weighted by atomic mass is 35.5. The number of hydrogen-bond donors (Lipinski definition) is 3. The highest BCUT2D eigenvalue weighted by Crippen LogP contribution is 2.09. The van der Waals surface area contributed by atoms with Crippen LogP contribution in [-0.4, -0.2) is 43.4 Å². The molecule has 1 aromatic rings. The van der Waals surface area contributed by atoms with Crippen molar-refractivity contribution in [3.05, 3.63) is 34.9 Å². The van der Waals surface area contributed by atoms with Crippen LogP contribution in [0, 0.1) is 0 Å². The van der Waals surface area contributed by atoms with Crippen LogP contribution in [0.5, 0.6) is 0 Å². The van der Waals surface area contributed by atoms with Gasteiger partial charge in [0.15, 0.2) is 6.04 Å². The Hall–Kier alpha value is -1.79. The molecule has 0 heterocycles. The molecule has 0 aliphatic carbocycles. The summed E-state index contributed by atoms with van der Waals surface area (Å²) in [6, 6.07) is 5.69. The van der Waals surface area contributed by atoms with Gasteiger partial charge in [-0.15, -0.1) is 0 Å². The number of carboxylic acids is 1. The maximum Gasteiger partial charge on any atom is 0.328 e. The third-order valence-electron chi connectivity index (χ3n) is 2.55. The van der Waals surface area contributed by atoms with E-state index >= 15 is 0 Å². The summed E-state index contributed by atoms with van der Waals surface area (Å²) in [5, 5.41) is 14.4. The lowest BCUT2D eigenvalue weighted by atomic mass is 10.1. The van der Waals surface area contributed by atoms with Crippen LogP contribution in [0.2, 0.25) is 5.02 Å². The molecule has 0 aromatic heterocycles. The summed E-state index contributed by atoms with van der Waals surface area (Å²) in [5.41, 5.74) is 1.03. The van der Waals surface area contributed by atoms with Crippen LogP contribution >= 0.6 is 11.6 Å². The molecule has 20 heavy (non-hydrogen) atoms. The number of nitrogens with one attached hydrogen (secondary N) is 2. The Labute approximate surface area is 122 Å². The van der Waals surface area contributed by atoms with E-state index in [4.69, 9.17) is 21.4 Å². The molecular formula is C13H17ClN2O4. The Morgan fingerprint density at radius 1 is 1.35 bits per heavy atom. The Kier molecular flexibility index (Phi) is 6.83. The second-order valence-electron chi connectivity index (χ2n) is 4.12. The smallest absolute Gasteiger partial charge is 0.328 e. The molecule has 1 unspecified atom stereocenters. The van der Waals surface area contributed by atoms with Crippen molar-refractivity contribution in [2.75, 3.05) is 20.3 Å². The first-order valence-corrected chi connectivity index (χ1v) is 6.41. The topological polar surface area (TPSA) is 87.7 Å². The number of amides is 2. The second kappa shape index (κ2) is 8.39. The van der Waals surface area contributed by atoms with Crippen molar-refractivity contribution in [3.8, 4) is 0 Å². The van der Waals surface area contributed by atoms with Gasteiger partial charge in [0.25, 0.3) is 0 Å². The normalized spacial score (nSPS) is 11.7. The number of methoxy groups -OCH3 is 1. The molecular weight excluding hydrogens is 284 g/mol. The van der Waals surface area contributed by atoms with E-state index in [0.717, 1.165) is 5.56 Å². The van der Waals surface area contributed by atoms with Gasteiger partial charge in [-0.3, -0.25) is 0 Å². The number of urea groups is 1. The zero-order valence-electron chi connectivity index (χ0n) is 11.1. The first-order valence-electron chi connectivity index (χ1n) is 6.03. The molecule has 1 aromatic carbocycles. The summed E-state index contributed by atoms with van der Waals surface area (Å²) in [7, 11) is 1.37. The molecule has 0 aliphatic heterocycles. The van der Waals surface area contributed by atoms with Crippen LogP contribution in [0.15, 0.2) is 24.3 Å². The Balaban J connectivity index is 2.32. The van der Waals surface area contributed by atoms with E-state index in [1.54, 1.807) is 12.1 Å². The summed E-state index contributed by atoms with van der Waals surface area (Å²) in [4.78, 5) is 22.3. The number of hydrogen-bond acceptors (Lipinski definition) is 3. The number of halogens is 1. The first kappa shape index (κ1) is 16.3. The Morgan fingerprint density at radius 2 is 2.00 bits per heavy atom. The average Bonchev–Trinajstić information content (AvgIpc) is 2.40. The third kappa shape index (κ3) is 5.90. The van der Waals surface area contributed by atoms with Crippen molar-refractivity contribution in [1.29, 1.82) is 0 Å². The van der Waals surface area contributed by atoms with Gasteiger partial charge in [0.05, 0.1) is 6.61 Å². The van der Waals surface area contributed by atoms with E-state index in [1.807, 2.05) is 12.1 Å². The number of carboxylic acid groups (broad SMARTS) is 1. The Bertz CT molecular complexity index is 450. The summed E-state index contributed by atoms with van der Waals surface area (Å²) >= 11 is 5.77. The third-order valence-corrected chi connectivity index (χ3v) is 2.80. The van der Waals surface area contributed by atoms with Gasteiger partial charge in [-0.1, -0.05) is 23.7 Å². The van der Waals surface area contributed by atoms with Crippen LogP contribution in [0.1, 0.15) is 5.56 Å². The number of rotatable bonds is 7. The fourth-order valence-corrected chi connectivity index (χ4v) is 1.65. The predicted octanol–water partition coefficient (Wildman–Crippen LogP) is 1.28. The highest BCUT2D eigenvalue weighted by Gasteiger charge is 2.19. The number of carbonyl (C=O) groups is 2. The quantitative estimate of drug-likeness (QED) is 0.708. The van der Waals surface area contributed by atoms with E-state index in [0.29, 0.717) is 18.0 Å². The minimum atomic E-state index is -1.14. The molecule has 0 saturated heterocycles. The van der Waals surface area contributed by atoms with E-state index in [1.165, 1.54) is 7.11 Å². The summed E-state index contributed by atoms with van der Waals surface area (Å²) < 4.78 is 4.72. The van der Waals surface area contributed by atoms with Crippen molar-refractivity contribution in [1.82, 2.24) is 10.6 Å². The largest absolute Gasteiger partial charge is 0.480 e. The van der Waals surface area contributed by atoms with Gasteiger partial charge >= 0.3 is 12.0 Å². The van der Waals surface area contributed by atoms with Crippen LogP contribution in [-0.2, 0) is 16.0 Å². The number of benzene rings is 1. The fraction of sp³-hybridized carbons (Fsp3) is 0.385. The van der Waals surface area contributed by atoms with Gasteiger partial charge in [-0.25, -0.2) is 9.59 Å². The number of ether oxygens (including phenoxy) is 1. The monoisotopic (exact) mass is 300 g/mol. The molecule has 1 atom stereocenters. The van der Waals surface area contributed by atoms with Gasteiger partial charge in [0.1, 0.15) is 0 Å². The molecule has 1 rings (SSSR count). The molecule has 0 bridgehead atoms. The first-order chi connectivity index (χ1) is 9.52. The highest BCUT2D eigenvalue weighted by molar-refractivity contribution is 6.30. The summed E-state index contributed by atoms with van der Waals surface area (Å²) in [5.74, 6) is -1.14. The molecule has 0 spiro atoms. The molecule has 0 radical (unpaired) electrons. The van der Waals surface area contributed by atoms with Gasteiger partial charge in [-0.2, -0.15) is 0 Å². The van der Waals surface area contributed by atoms with Gasteiger partial charge < -0.3 is 20.5 Å². The molecule has 6 nitrogen and oxygen atoms in total. The zero-order chi connectivity index (χ0) is 15.0. The SMILES string of the molecule is COCC(NC(=O)NCCc1ccc(Cl)cc1)C(=O)O. The Morgan fingerprint density at radius 3 is 2.55 bits per heavy atom. The summed E-state index contributed by atoms with van der Waals surface area (Å²) in [6.07, 6.45) is 0.632. The zero-order valence-corrected chi connectivity index (χ0v) is 11.8. The summed E-state index contributed by atoms with van der Waals surface area (Å²) in [6.45, 7) is 0.312. The second-order valence-corrected chi connectivity index (χ2v) is 4.56. The van der Waals surface area contributed by atoms with Crippen molar-refractivity contribution < 1.29 is 19.4 Å². The van der Waals surface area contributed by atoms with Crippen LogP contribution < -0.4 is 10.6 Å². The van der Waals surface area contributed by atoms with Crippen molar-refractivity contribution in [2.45, 2.75) is 12.5 Å². The van der Waals surface area contributed by atoms with Crippen molar-refractivity contribution >= 4 is 23.6 Å². The van der Waals surface area contributed by atoms with Crippen molar-refractivity contribution in [3.63, 3.8) is 0 Å². The van der Waals surface area contributed by atoms with E-state index in [2.05, 4.69) is 10.6 Å². The fourth-order valence-electron chi connectivity index (χ4n) is 1.52. The molecule has 0 saturated carbocycles. The average molecular weight is 301 g/mol. The molecule has 7 heteroatoms. The molecule has 3 N–H and O–H groups in total. The van der Waals surface area contributed by atoms with E-state index in [-0.39, 0.29) is 6.61 Å². The molecule has 110 valence electrons. The lowest BCUT2D eigenvalue weighted by Crippen LogP contribution is -2.48. The van der Waals surface area contributed by atoms with Gasteiger partial charge in [0, 0.05) is 18.7 Å². The van der Waals surface area contributed by atoms with Crippen molar-refractivity contribution in [2.24, 2.45) is 0 Å². The standard InChI is InChI=1S/C13H17ClN2O4/c1-20-8-11(12(17)18)16-13(19)15-7-6-9-2-4-10(14)5-3-9/h2-5,11H,6-8H2,1H3,(H,17,18)(H2,15,16,19). The minimum Gasteiger partial charge on any atom is -0.480 e.